The molecule has 0 aliphatic heterocycles. The van der Waals surface area contributed by atoms with E-state index in [0.29, 0.717) is 6.61 Å². The van der Waals surface area contributed by atoms with E-state index in [1.165, 1.54) is 0 Å². The van der Waals surface area contributed by atoms with Crippen LogP contribution in [0.5, 0.6) is 0 Å². The van der Waals surface area contributed by atoms with Crippen LogP contribution in [-0.2, 0) is 4.74 Å². The number of benzene rings is 1. The topological polar surface area (TPSA) is 52.8 Å². The van der Waals surface area contributed by atoms with E-state index >= 15 is 0 Å². The maximum Gasteiger partial charge on any atom is 0.196 e. The van der Waals surface area contributed by atoms with E-state index in [0.717, 1.165) is 38.6 Å². The van der Waals surface area contributed by atoms with Crippen LogP contribution < -0.4 is 0 Å². The van der Waals surface area contributed by atoms with Gasteiger partial charge in [0, 0.05) is 28.7 Å². The maximum atomic E-state index is 6.35. The summed E-state index contributed by atoms with van der Waals surface area (Å²) < 4.78 is 7.69. The first kappa shape index (κ1) is 18.9. The normalized spacial score (nSPS) is 11.3. The Labute approximate surface area is 162 Å². The van der Waals surface area contributed by atoms with Crippen LogP contribution in [0.1, 0.15) is 19.4 Å². The van der Waals surface area contributed by atoms with Crippen LogP contribution in [0.2, 0.25) is 5.02 Å². The number of hydrogen-bond acceptors (Lipinski definition) is 5. The van der Waals surface area contributed by atoms with E-state index in [1.807, 2.05) is 51.1 Å². The molecule has 0 N–H and O–H groups in total. The third-order valence-electron chi connectivity index (χ3n) is 3.82. The van der Waals surface area contributed by atoms with Gasteiger partial charge in [-0.2, -0.15) is 0 Å². The van der Waals surface area contributed by atoms with Gasteiger partial charge in [-0.05, 0) is 50.6 Å². The van der Waals surface area contributed by atoms with Crippen molar-refractivity contribution < 1.29 is 4.74 Å². The fourth-order valence-corrected chi connectivity index (χ4v) is 3.47. The molecule has 5 nitrogen and oxygen atoms in total. The molecule has 0 saturated carbocycles. The predicted molar refractivity (Wildman–Crippen MR) is 106 cm³/mol. The Bertz CT molecular complexity index is 867. The molecule has 26 heavy (non-hydrogen) atoms. The van der Waals surface area contributed by atoms with E-state index in [4.69, 9.17) is 16.3 Å². The fourth-order valence-electron chi connectivity index (χ4n) is 2.52. The van der Waals surface area contributed by atoms with E-state index < -0.39 is 0 Å². The highest BCUT2D eigenvalue weighted by Gasteiger charge is 2.18. The van der Waals surface area contributed by atoms with E-state index in [9.17, 15) is 0 Å². The molecule has 136 valence electrons. The maximum absolute atomic E-state index is 6.35. The van der Waals surface area contributed by atoms with Crippen molar-refractivity contribution in [3.05, 3.63) is 53.3 Å². The van der Waals surface area contributed by atoms with Gasteiger partial charge in [-0.1, -0.05) is 29.4 Å². The lowest BCUT2D eigenvalue weighted by atomic mass is 10.2. The largest absolute Gasteiger partial charge is 0.378 e. The molecule has 0 aliphatic rings. The molecule has 0 saturated heterocycles. The first-order chi connectivity index (χ1) is 12.6. The van der Waals surface area contributed by atoms with Crippen LogP contribution in [0.15, 0.2) is 47.9 Å². The molecule has 2 aromatic heterocycles. The Morgan fingerprint density at radius 2 is 1.92 bits per heavy atom. The van der Waals surface area contributed by atoms with Crippen LogP contribution in [-0.4, -0.2) is 38.2 Å². The Balaban J connectivity index is 2.00. The lowest BCUT2D eigenvalue weighted by Gasteiger charge is -2.14. The number of ether oxygens (including phenoxy) is 1. The number of aromatic nitrogens is 4. The minimum Gasteiger partial charge on any atom is -0.378 e. The average molecular weight is 389 g/mol. The van der Waals surface area contributed by atoms with Crippen molar-refractivity contribution >= 4 is 23.4 Å². The molecule has 7 heteroatoms. The highest BCUT2D eigenvalue weighted by molar-refractivity contribution is 7.99. The zero-order chi connectivity index (χ0) is 18.5. The molecular weight excluding hydrogens is 368 g/mol. The van der Waals surface area contributed by atoms with Crippen LogP contribution in [0.3, 0.4) is 0 Å². The summed E-state index contributed by atoms with van der Waals surface area (Å²) in [4.78, 5) is 4.09. The molecular formula is C19H21ClN4OS. The minimum absolute atomic E-state index is 0.219. The number of halogens is 1. The predicted octanol–water partition coefficient (Wildman–Crippen LogP) is 4.81. The van der Waals surface area contributed by atoms with Crippen LogP contribution in [0.25, 0.3) is 17.1 Å². The van der Waals surface area contributed by atoms with Gasteiger partial charge in [-0.15, -0.1) is 10.2 Å². The third-order valence-corrected chi connectivity index (χ3v) is 5.12. The monoisotopic (exact) mass is 388 g/mol. The fraction of sp³-hybridized carbons (Fsp3) is 0.316. The molecule has 0 bridgehead atoms. The molecule has 3 rings (SSSR count). The Morgan fingerprint density at radius 1 is 1.15 bits per heavy atom. The quantitative estimate of drug-likeness (QED) is 0.429. The molecule has 0 unspecified atom stereocenters. The summed E-state index contributed by atoms with van der Waals surface area (Å²) in [5.41, 5.74) is 2.92. The number of hydrogen-bond donors (Lipinski definition) is 0. The Morgan fingerprint density at radius 3 is 2.65 bits per heavy atom. The van der Waals surface area contributed by atoms with Gasteiger partial charge in [0.15, 0.2) is 11.0 Å². The lowest BCUT2D eigenvalue weighted by Crippen LogP contribution is -2.07. The lowest BCUT2D eigenvalue weighted by molar-refractivity contribution is 0.0920. The summed E-state index contributed by atoms with van der Waals surface area (Å²) in [5, 5.41) is 10.4. The highest BCUT2D eigenvalue weighted by Crippen LogP contribution is 2.31. The molecule has 3 aromatic rings. The number of thioether (sulfide) groups is 1. The van der Waals surface area contributed by atoms with Crippen molar-refractivity contribution in [2.75, 3.05) is 12.4 Å². The van der Waals surface area contributed by atoms with Crippen molar-refractivity contribution in [3.63, 3.8) is 0 Å². The van der Waals surface area contributed by atoms with Gasteiger partial charge in [0.1, 0.15) is 0 Å². The van der Waals surface area contributed by atoms with Gasteiger partial charge in [0.05, 0.1) is 18.4 Å². The number of pyridine rings is 1. The van der Waals surface area contributed by atoms with E-state index in [1.54, 1.807) is 24.2 Å². The summed E-state index contributed by atoms with van der Waals surface area (Å²) in [6.07, 6.45) is 3.72. The molecule has 0 aliphatic carbocycles. The zero-order valence-corrected chi connectivity index (χ0v) is 16.6. The molecule has 1 aromatic carbocycles. The van der Waals surface area contributed by atoms with Crippen LogP contribution in [0, 0.1) is 6.92 Å². The first-order valence-electron chi connectivity index (χ1n) is 8.43. The average Bonchev–Trinajstić information content (AvgIpc) is 3.05. The molecule has 2 heterocycles. The van der Waals surface area contributed by atoms with Gasteiger partial charge in [0.2, 0.25) is 0 Å². The zero-order valence-electron chi connectivity index (χ0n) is 15.0. The third kappa shape index (κ3) is 4.26. The second-order valence-electron chi connectivity index (χ2n) is 6.03. The van der Waals surface area contributed by atoms with Crippen molar-refractivity contribution in [2.24, 2.45) is 0 Å². The molecule has 0 radical (unpaired) electrons. The standard InChI is InChI=1S/C19H21ClN4OS/c1-13(2)25-11-12-26-19-23-22-18(15-7-9-21-10-8-15)24(19)17-6-4-5-16(20)14(17)3/h4-10,13H,11-12H2,1-3H3. The van der Waals surface area contributed by atoms with Crippen LogP contribution >= 0.6 is 23.4 Å². The van der Waals surface area contributed by atoms with Crippen molar-refractivity contribution in [1.29, 1.82) is 0 Å². The van der Waals surface area contributed by atoms with E-state index in [-0.39, 0.29) is 6.10 Å². The van der Waals surface area contributed by atoms with Gasteiger partial charge < -0.3 is 4.74 Å². The SMILES string of the molecule is Cc1c(Cl)cccc1-n1c(SCCOC(C)C)nnc1-c1ccncc1. The summed E-state index contributed by atoms with van der Waals surface area (Å²) in [6, 6.07) is 9.72. The van der Waals surface area contributed by atoms with Crippen molar-refractivity contribution in [2.45, 2.75) is 32.0 Å². The molecule has 0 atom stereocenters. The van der Waals surface area contributed by atoms with Gasteiger partial charge in [-0.25, -0.2) is 0 Å². The Kier molecular flexibility index (Phi) is 6.29. The Hall–Kier alpha value is -1.89. The number of rotatable bonds is 7. The molecule has 0 amide bonds. The van der Waals surface area contributed by atoms with Crippen molar-refractivity contribution in [1.82, 2.24) is 19.7 Å². The summed E-state index contributed by atoms with van der Waals surface area (Å²) in [6.45, 7) is 6.73. The van der Waals surface area contributed by atoms with E-state index in [2.05, 4.69) is 19.7 Å². The first-order valence-corrected chi connectivity index (χ1v) is 9.80. The highest BCUT2D eigenvalue weighted by atomic mass is 35.5. The summed E-state index contributed by atoms with van der Waals surface area (Å²) >= 11 is 7.97. The smallest absolute Gasteiger partial charge is 0.196 e. The van der Waals surface area contributed by atoms with Gasteiger partial charge in [0.25, 0.3) is 0 Å². The van der Waals surface area contributed by atoms with Crippen molar-refractivity contribution in [3.8, 4) is 17.1 Å². The second kappa shape index (κ2) is 8.66. The summed E-state index contributed by atoms with van der Waals surface area (Å²) in [5.74, 6) is 1.57. The van der Waals surface area contributed by atoms with Gasteiger partial charge in [-0.3, -0.25) is 9.55 Å². The summed E-state index contributed by atoms with van der Waals surface area (Å²) in [7, 11) is 0. The molecule has 0 spiro atoms. The second-order valence-corrected chi connectivity index (χ2v) is 7.50. The van der Waals surface area contributed by atoms with Gasteiger partial charge >= 0.3 is 0 Å². The minimum atomic E-state index is 0.219. The van der Waals surface area contributed by atoms with Crippen LogP contribution in [0.4, 0.5) is 0 Å². The number of nitrogens with zero attached hydrogens (tertiary/aromatic N) is 4. The molecule has 0 fully saturated rings.